The zero-order valence-corrected chi connectivity index (χ0v) is 6.71. The fraction of sp³-hybridized carbons (Fsp3) is 0.125. The Labute approximate surface area is 70.4 Å². The van der Waals surface area contributed by atoms with Gasteiger partial charge in [-0.3, -0.25) is 0 Å². The topological polar surface area (TPSA) is 21.6 Å². The zero-order chi connectivity index (χ0) is 8.10. The highest BCUT2D eigenvalue weighted by atomic mass is 35.5. The molecule has 0 aromatic heterocycles. The highest BCUT2D eigenvalue weighted by molar-refractivity contribution is 6.30. The fourth-order valence-corrected chi connectivity index (χ4v) is 0.960. The van der Waals surface area contributed by atoms with Gasteiger partial charge in [-0.1, -0.05) is 23.7 Å². The molecule has 0 aliphatic carbocycles. The van der Waals surface area contributed by atoms with Crippen LogP contribution >= 0.6 is 11.6 Å². The van der Waals surface area contributed by atoms with Gasteiger partial charge in [0.05, 0.1) is 0 Å². The second-order valence-corrected chi connectivity index (χ2v) is 2.47. The van der Waals surface area contributed by atoms with Crippen molar-refractivity contribution < 1.29 is 4.84 Å². The molecule has 1 aromatic rings. The van der Waals surface area contributed by atoms with Crippen molar-refractivity contribution in [3.8, 4) is 0 Å². The third kappa shape index (κ3) is 2.60. The fourth-order valence-electron chi connectivity index (χ4n) is 0.747. The van der Waals surface area contributed by atoms with Gasteiger partial charge >= 0.3 is 0 Å². The minimum Gasteiger partial charge on any atom is -0.391 e. The first kappa shape index (κ1) is 8.08. The van der Waals surface area contributed by atoms with Gasteiger partial charge in [-0.05, 0) is 17.7 Å². The lowest BCUT2D eigenvalue weighted by Gasteiger charge is -1.98. The second kappa shape index (κ2) is 3.98. The van der Waals surface area contributed by atoms with Crippen molar-refractivity contribution in [3.05, 3.63) is 34.9 Å². The van der Waals surface area contributed by atoms with Crippen molar-refractivity contribution in [3.63, 3.8) is 0 Å². The van der Waals surface area contributed by atoms with Crippen LogP contribution in [0, 0.1) is 0 Å². The van der Waals surface area contributed by atoms with E-state index in [4.69, 9.17) is 16.4 Å². The van der Waals surface area contributed by atoms with E-state index in [1.165, 1.54) is 0 Å². The van der Waals surface area contributed by atoms with Gasteiger partial charge in [0.25, 0.3) is 0 Å². The Bertz CT molecular complexity index is 250. The molecule has 0 fully saturated rings. The van der Waals surface area contributed by atoms with Crippen LogP contribution in [-0.2, 0) is 11.4 Å². The van der Waals surface area contributed by atoms with E-state index >= 15 is 0 Å². The van der Waals surface area contributed by atoms with E-state index in [-0.39, 0.29) is 0 Å². The maximum Gasteiger partial charge on any atom is 0.142 e. The molecule has 0 bridgehead atoms. The molecule has 0 spiro atoms. The van der Waals surface area contributed by atoms with Crippen LogP contribution in [0.2, 0.25) is 5.02 Å². The SMILES string of the molecule is C=NOCc1cccc(Cl)c1. The number of nitrogens with zero attached hydrogens (tertiary/aromatic N) is 1. The third-order valence-electron chi connectivity index (χ3n) is 1.21. The molecule has 0 aliphatic heterocycles. The van der Waals surface area contributed by atoms with Crippen molar-refractivity contribution in [2.24, 2.45) is 5.16 Å². The van der Waals surface area contributed by atoms with Gasteiger partial charge in [0.2, 0.25) is 0 Å². The normalized spacial score (nSPS) is 9.18. The van der Waals surface area contributed by atoms with E-state index in [9.17, 15) is 0 Å². The van der Waals surface area contributed by atoms with Crippen LogP contribution in [0.3, 0.4) is 0 Å². The first-order valence-corrected chi connectivity index (χ1v) is 3.53. The van der Waals surface area contributed by atoms with E-state index in [1.54, 1.807) is 0 Å². The highest BCUT2D eigenvalue weighted by Gasteiger charge is 1.92. The van der Waals surface area contributed by atoms with Crippen molar-refractivity contribution >= 4 is 18.3 Å². The number of hydrogen-bond donors (Lipinski definition) is 0. The summed E-state index contributed by atoms with van der Waals surface area (Å²) < 4.78 is 0. The number of halogens is 1. The Hall–Kier alpha value is -1.02. The lowest BCUT2D eigenvalue weighted by Crippen LogP contribution is -1.84. The first-order chi connectivity index (χ1) is 5.33. The number of hydrogen-bond acceptors (Lipinski definition) is 2. The largest absolute Gasteiger partial charge is 0.391 e. The summed E-state index contributed by atoms with van der Waals surface area (Å²) in [5, 5.41) is 3.97. The summed E-state index contributed by atoms with van der Waals surface area (Å²) in [6, 6.07) is 7.42. The van der Waals surface area contributed by atoms with Crippen LogP contribution in [0.25, 0.3) is 0 Å². The van der Waals surface area contributed by atoms with E-state index in [2.05, 4.69) is 11.9 Å². The molecule has 0 radical (unpaired) electrons. The highest BCUT2D eigenvalue weighted by Crippen LogP contribution is 2.11. The van der Waals surface area contributed by atoms with Crippen LogP contribution in [0.5, 0.6) is 0 Å². The molecule has 0 amide bonds. The lowest BCUT2D eigenvalue weighted by atomic mass is 10.2. The van der Waals surface area contributed by atoms with Crippen LogP contribution < -0.4 is 0 Å². The van der Waals surface area contributed by atoms with Crippen LogP contribution in [0.15, 0.2) is 29.4 Å². The summed E-state index contributed by atoms with van der Waals surface area (Å²) >= 11 is 5.72. The molecule has 0 unspecified atom stereocenters. The second-order valence-electron chi connectivity index (χ2n) is 2.03. The van der Waals surface area contributed by atoms with Gasteiger partial charge in [0.1, 0.15) is 6.61 Å². The van der Waals surface area contributed by atoms with Crippen LogP contribution in [0.1, 0.15) is 5.56 Å². The molecule has 0 saturated carbocycles. The summed E-state index contributed by atoms with van der Waals surface area (Å²) in [4.78, 5) is 4.73. The van der Waals surface area contributed by atoms with Crippen LogP contribution in [-0.4, -0.2) is 6.72 Å². The smallest absolute Gasteiger partial charge is 0.142 e. The third-order valence-corrected chi connectivity index (χ3v) is 1.45. The van der Waals surface area contributed by atoms with Gasteiger partial charge in [-0.15, -0.1) is 5.16 Å². The molecule has 2 nitrogen and oxygen atoms in total. The Morgan fingerprint density at radius 2 is 2.36 bits per heavy atom. The maximum atomic E-state index is 5.72. The minimum atomic E-state index is 0.421. The van der Waals surface area contributed by atoms with E-state index < -0.39 is 0 Å². The molecule has 1 rings (SSSR count). The van der Waals surface area contributed by atoms with E-state index in [0.717, 1.165) is 5.56 Å². The molecule has 0 N–H and O–H groups in total. The average Bonchev–Trinajstić information content (AvgIpc) is 2.01. The molecule has 1 aromatic carbocycles. The number of rotatable bonds is 3. The molecule has 0 saturated heterocycles. The van der Waals surface area contributed by atoms with E-state index in [0.29, 0.717) is 11.6 Å². The number of benzene rings is 1. The Kier molecular flexibility index (Phi) is 2.93. The minimum absolute atomic E-state index is 0.421. The first-order valence-electron chi connectivity index (χ1n) is 3.15. The standard InChI is InChI=1S/C8H8ClNO/c1-10-11-6-7-3-2-4-8(9)5-7/h2-5H,1,6H2. The molecular formula is C8H8ClNO. The van der Waals surface area contributed by atoms with Gasteiger partial charge in [-0.25, -0.2) is 0 Å². The Morgan fingerprint density at radius 3 is 3.00 bits per heavy atom. The molecule has 58 valence electrons. The van der Waals surface area contributed by atoms with E-state index in [1.807, 2.05) is 24.3 Å². The zero-order valence-electron chi connectivity index (χ0n) is 5.96. The lowest BCUT2D eigenvalue weighted by molar-refractivity contribution is 0.133. The monoisotopic (exact) mass is 169 g/mol. The Balaban J connectivity index is 2.63. The number of oxime groups is 1. The molecule has 11 heavy (non-hydrogen) atoms. The molecular weight excluding hydrogens is 162 g/mol. The molecule has 0 heterocycles. The summed E-state index contributed by atoms with van der Waals surface area (Å²) in [5.74, 6) is 0. The predicted molar refractivity (Wildman–Crippen MR) is 45.8 cm³/mol. The van der Waals surface area contributed by atoms with Gasteiger partial charge in [0.15, 0.2) is 0 Å². The van der Waals surface area contributed by atoms with Crippen LogP contribution in [0.4, 0.5) is 0 Å². The quantitative estimate of drug-likeness (QED) is 0.503. The summed E-state index contributed by atoms with van der Waals surface area (Å²) in [6.45, 7) is 3.61. The van der Waals surface area contributed by atoms with Gasteiger partial charge < -0.3 is 4.84 Å². The van der Waals surface area contributed by atoms with Crippen molar-refractivity contribution in [1.29, 1.82) is 0 Å². The Morgan fingerprint density at radius 1 is 1.55 bits per heavy atom. The predicted octanol–water partition coefficient (Wildman–Crippen LogP) is 2.47. The maximum absolute atomic E-state index is 5.72. The summed E-state index contributed by atoms with van der Waals surface area (Å²) in [5.41, 5.74) is 0.991. The molecule has 0 aliphatic rings. The molecule has 3 heteroatoms. The van der Waals surface area contributed by atoms with Crippen molar-refractivity contribution in [1.82, 2.24) is 0 Å². The average molecular weight is 170 g/mol. The molecule has 0 atom stereocenters. The van der Waals surface area contributed by atoms with Gasteiger partial charge in [0, 0.05) is 11.7 Å². The summed E-state index contributed by atoms with van der Waals surface area (Å²) in [7, 11) is 0. The van der Waals surface area contributed by atoms with Gasteiger partial charge in [-0.2, -0.15) is 0 Å². The van der Waals surface area contributed by atoms with Crippen molar-refractivity contribution in [2.75, 3.05) is 0 Å². The van der Waals surface area contributed by atoms with Crippen molar-refractivity contribution in [2.45, 2.75) is 6.61 Å². The summed E-state index contributed by atoms with van der Waals surface area (Å²) in [6.07, 6.45) is 0.